The van der Waals surface area contributed by atoms with Gasteiger partial charge >= 0.3 is 6.18 Å². The first kappa shape index (κ1) is 14.2. The van der Waals surface area contributed by atoms with Crippen molar-refractivity contribution in [1.82, 2.24) is 5.32 Å². The second-order valence-electron chi connectivity index (χ2n) is 6.09. The van der Waals surface area contributed by atoms with E-state index < -0.39 is 11.7 Å². The molecule has 3 rings (SSSR count). The van der Waals surface area contributed by atoms with Crippen LogP contribution in [0.5, 0.6) is 0 Å². The van der Waals surface area contributed by atoms with Crippen LogP contribution in [-0.4, -0.2) is 13.1 Å². The number of hydrogen-bond donors (Lipinski definition) is 1. The molecule has 1 aromatic carbocycles. The Morgan fingerprint density at radius 3 is 2.35 bits per heavy atom. The van der Waals surface area contributed by atoms with Crippen LogP contribution in [-0.2, 0) is 6.18 Å². The molecule has 5 heteroatoms. The normalized spacial score (nSPS) is 22.8. The van der Waals surface area contributed by atoms with Gasteiger partial charge in [0, 0.05) is 0 Å². The van der Waals surface area contributed by atoms with Gasteiger partial charge < -0.3 is 5.32 Å². The molecule has 0 aromatic heterocycles. The first-order chi connectivity index (χ1) is 9.40. The molecule has 1 nitrogen and oxygen atoms in total. The van der Waals surface area contributed by atoms with Gasteiger partial charge in [-0.3, -0.25) is 0 Å². The van der Waals surface area contributed by atoms with Crippen molar-refractivity contribution in [2.24, 2.45) is 5.41 Å². The molecule has 1 saturated heterocycles. The predicted octanol–water partition coefficient (Wildman–Crippen LogP) is 4.61. The Bertz CT molecular complexity index is 498. The summed E-state index contributed by atoms with van der Waals surface area (Å²) in [6, 6.07) is 4.21. The van der Waals surface area contributed by atoms with E-state index in [1.807, 2.05) is 0 Å². The number of hydrogen-bond acceptors (Lipinski definition) is 1. The number of piperidine rings is 1. The van der Waals surface area contributed by atoms with Gasteiger partial charge in [-0.1, -0.05) is 17.7 Å². The third-order valence-corrected chi connectivity index (χ3v) is 5.11. The average molecular weight is 304 g/mol. The molecule has 0 atom stereocenters. The number of benzene rings is 1. The second kappa shape index (κ2) is 4.92. The highest BCUT2D eigenvalue weighted by Crippen LogP contribution is 2.56. The zero-order chi connectivity index (χ0) is 14.4. The highest BCUT2D eigenvalue weighted by molar-refractivity contribution is 6.31. The summed E-state index contributed by atoms with van der Waals surface area (Å²) in [6.45, 7) is 2.11. The average Bonchev–Trinajstić information content (AvgIpc) is 2.35. The molecule has 2 aliphatic rings. The van der Waals surface area contributed by atoms with Crippen LogP contribution in [0.1, 0.15) is 42.7 Å². The molecule has 1 aliphatic carbocycles. The minimum atomic E-state index is -4.37. The van der Waals surface area contributed by atoms with Crippen LogP contribution in [0, 0.1) is 5.41 Å². The molecule has 2 fully saturated rings. The van der Waals surface area contributed by atoms with Crippen molar-refractivity contribution in [2.75, 3.05) is 13.1 Å². The Morgan fingerprint density at radius 2 is 1.80 bits per heavy atom. The molecule has 0 unspecified atom stereocenters. The van der Waals surface area contributed by atoms with Gasteiger partial charge in [-0.2, -0.15) is 13.2 Å². The first-order valence-corrected chi connectivity index (χ1v) is 7.35. The van der Waals surface area contributed by atoms with Crippen molar-refractivity contribution in [3.8, 4) is 0 Å². The highest BCUT2D eigenvalue weighted by atomic mass is 35.5. The van der Waals surface area contributed by atoms with Crippen LogP contribution >= 0.6 is 11.6 Å². The fourth-order valence-electron chi connectivity index (χ4n) is 3.60. The van der Waals surface area contributed by atoms with E-state index in [1.54, 1.807) is 6.07 Å². The smallest absolute Gasteiger partial charge is 0.317 e. The van der Waals surface area contributed by atoms with E-state index in [1.165, 1.54) is 18.9 Å². The number of rotatable bonds is 1. The largest absolute Gasteiger partial charge is 0.417 e. The van der Waals surface area contributed by atoms with E-state index >= 15 is 0 Å². The lowest BCUT2D eigenvalue weighted by molar-refractivity contribution is -0.137. The Hall–Kier alpha value is -0.740. The number of halogens is 4. The highest BCUT2D eigenvalue weighted by Gasteiger charge is 2.45. The summed E-state index contributed by atoms with van der Waals surface area (Å²) in [6.07, 6.45) is 0.147. The Morgan fingerprint density at radius 1 is 1.15 bits per heavy atom. The maximum Gasteiger partial charge on any atom is 0.417 e. The van der Waals surface area contributed by atoms with E-state index in [-0.39, 0.29) is 5.02 Å². The van der Waals surface area contributed by atoms with Crippen molar-refractivity contribution in [1.29, 1.82) is 0 Å². The maximum absolute atomic E-state index is 12.7. The molecule has 20 heavy (non-hydrogen) atoms. The summed E-state index contributed by atoms with van der Waals surface area (Å²) in [7, 11) is 0. The molecule has 1 saturated carbocycles. The molecule has 0 amide bonds. The van der Waals surface area contributed by atoms with Crippen LogP contribution in [0.3, 0.4) is 0 Å². The Labute approximate surface area is 121 Å². The first-order valence-electron chi connectivity index (χ1n) is 6.97. The fraction of sp³-hybridized carbons (Fsp3) is 0.600. The zero-order valence-electron chi connectivity index (χ0n) is 11.1. The third-order valence-electron chi connectivity index (χ3n) is 4.79. The number of nitrogens with one attached hydrogen (secondary N) is 1. The Kier molecular flexibility index (Phi) is 3.49. The summed E-state index contributed by atoms with van der Waals surface area (Å²) in [5.74, 6) is 0.368. The van der Waals surface area contributed by atoms with Crippen molar-refractivity contribution >= 4 is 11.6 Å². The quantitative estimate of drug-likeness (QED) is 0.799. The van der Waals surface area contributed by atoms with Gasteiger partial charge in [0.1, 0.15) is 0 Å². The second-order valence-corrected chi connectivity index (χ2v) is 6.50. The van der Waals surface area contributed by atoms with Crippen molar-refractivity contribution in [3.63, 3.8) is 0 Å². The molecule has 1 aliphatic heterocycles. The van der Waals surface area contributed by atoms with Crippen molar-refractivity contribution < 1.29 is 13.2 Å². The van der Waals surface area contributed by atoms with E-state index in [4.69, 9.17) is 11.6 Å². The van der Waals surface area contributed by atoms with Crippen LogP contribution in [0.25, 0.3) is 0 Å². The summed E-state index contributed by atoms with van der Waals surface area (Å²) >= 11 is 5.79. The van der Waals surface area contributed by atoms with Crippen LogP contribution in [0.15, 0.2) is 18.2 Å². The molecule has 0 bridgehead atoms. The predicted molar refractivity (Wildman–Crippen MR) is 73.0 cm³/mol. The van der Waals surface area contributed by atoms with Gasteiger partial charge in [-0.05, 0) is 67.8 Å². The summed E-state index contributed by atoms with van der Waals surface area (Å²) in [5.41, 5.74) is 0.636. The SMILES string of the molecule is FC(F)(F)c1ccc(C2CC3(CCNCC3)C2)cc1Cl. The Balaban J connectivity index is 1.72. The van der Waals surface area contributed by atoms with Crippen molar-refractivity contribution in [3.05, 3.63) is 34.3 Å². The maximum atomic E-state index is 12.7. The lowest BCUT2D eigenvalue weighted by Gasteiger charge is -2.50. The van der Waals surface area contributed by atoms with Gasteiger partial charge in [-0.25, -0.2) is 0 Å². The van der Waals surface area contributed by atoms with Crippen LogP contribution in [0.4, 0.5) is 13.2 Å². The zero-order valence-corrected chi connectivity index (χ0v) is 11.8. The molecule has 1 spiro atoms. The van der Waals surface area contributed by atoms with Gasteiger partial charge in [0.25, 0.3) is 0 Å². The molecular formula is C15H17ClF3N. The molecular weight excluding hydrogens is 287 g/mol. The summed E-state index contributed by atoms with van der Waals surface area (Å²) in [5, 5.41) is 3.17. The van der Waals surface area contributed by atoms with Gasteiger partial charge in [-0.15, -0.1) is 0 Å². The van der Waals surface area contributed by atoms with Crippen molar-refractivity contribution in [2.45, 2.75) is 37.8 Å². The third kappa shape index (κ3) is 2.56. The molecule has 1 heterocycles. The minimum Gasteiger partial charge on any atom is -0.317 e. The monoisotopic (exact) mass is 303 g/mol. The van der Waals surface area contributed by atoms with Gasteiger partial charge in [0.2, 0.25) is 0 Å². The number of alkyl halides is 3. The molecule has 110 valence electrons. The molecule has 1 aromatic rings. The van der Waals surface area contributed by atoms with Crippen LogP contribution < -0.4 is 5.32 Å². The van der Waals surface area contributed by atoms with Gasteiger partial charge in [0.05, 0.1) is 10.6 Å². The van der Waals surface area contributed by atoms with E-state index in [0.717, 1.165) is 37.6 Å². The topological polar surface area (TPSA) is 12.0 Å². The van der Waals surface area contributed by atoms with Gasteiger partial charge in [0.15, 0.2) is 0 Å². The summed E-state index contributed by atoms with van der Waals surface area (Å²) in [4.78, 5) is 0. The molecule has 1 N–H and O–H groups in total. The van der Waals surface area contributed by atoms with E-state index in [0.29, 0.717) is 11.3 Å². The van der Waals surface area contributed by atoms with Crippen LogP contribution in [0.2, 0.25) is 5.02 Å². The fourth-order valence-corrected chi connectivity index (χ4v) is 3.90. The summed E-state index contributed by atoms with van der Waals surface area (Å²) < 4.78 is 38.0. The lowest BCUT2D eigenvalue weighted by atomic mass is 9.56. The standard InChI is InChI=1S/C15H17ClF3N/c16-13-7-10(1-2-12(13)15(17,18)19)11-8-14(9-11)3-5-20-6-4-14/h1-2,7,11,20H,3-6,8-9H2. The molecule has 0 radical (unpaired) electrons. The minimum absolute atomic E-state index is 0.179. The lowest BCUT2D eigenvalue weighted by Crippen LogP contribution is -2.44. The van der Waals surface area contributed by atoms with E-state index in [2.05, 4.69) is 5.32 Å². The van der Waals surface area contributed by atoms with E-state index in [9.17, 15) is 13.2 Å².